The van der Waals surface area contributed by atoms with Gasteiger partial charge in [0.25, 0.3) is 0 Å². The SMILES string of the molecule is COc1cccc(-c2[nH]ncc2-c2cccc3nccn23)c1. The van der Waals surface area contributed by atoms with Gasteiger partial charge >= 0.3 is 0 Å². The van der Waals surface area contributed by atoms with E-state index < -0.39 is 0 Å². The van der Waals surface area contributed by atoms with Crippen LogP contribution in [0.2, 0.25) is 0 Å². The highest BCUT2D eigenvalue weighted by molar-refractivity contribution is 5.80. The molecule has 0 atom stereocenters. The van der Waals surface area contributed by atoms with Gasteiger partial charge < -0.3 is 4.74 Å². The third kappa shape index (κ3) is 1.95. The van der Waals surface area contributed by atoms with E-state index in [1.54, 1.807) is 13.3 Å². The lowest BCUT2D eigenvalue weighted by Gasteiger charge is -2.08. The van der Waals surface area contributed by atoms with Crippen molar-refractivity contribution in [1.82, 2.24) is 19.6 Å². The van der Waals surface area contributed by atoms with E-state index in [2.05, 4.69) is 25.6 Å². The van der Waals surface area contributed by atoms with Crippen molar-refractivity contribution in [1.29, 1.82) is 0 Å². The number of imidazole rings is 1. The molecule has 3 aromatic heterocycles. The molecule has 0 amide bonds. The number of methoxy groups -OCH3 is 1. The standard InChI is InChI=1S/C17H14N4O/c1-22-13-5-2-4-12(10-13)17-14(11-19-20-17)15-6-3-7-16-18-8-9-21(15)16/h2-11H,1H3,(H,19,20). The van der Waals surface area contributed by atoms with E-state index in [1.165, 1.54) is 0 Å². The molecule has 0 fully saturated rings. The quantitative estimate of drug-likeness (QED) is 0.629. The molecule has 0 aliphatic carbocycles. The predicted octanol–water partition coefficient (Wildman–Crippen LogP) is 3.40. The zero-order valence-corrected chi connectivity index (χ0v) is 12.0. The van der Waals surface area contributed by atoms with Crippen LogP contribution in [0.1, 0.15) is 0 Å². The minimum atomic E-state index is 0.818. The number of pyridine rings is 1. The summed E-state index contributed by atoms with van der Waals surface area (Å²) in [5.41, 5.74) is 4.97. The molecule has 22 heavy (non-hydrogen) atoms. The van der Waals surface area contributed by atoms with E-state index in [0.717, 1.165) is 33.9 Å². The second-order valence-corrected chi connectivity index (χ2v) is 4.96. The van der Waals surface area contributed by atoms with Crippen LogP contribution in [0.3, 0.4) is 0 Å². The summed E-state index contributed by atoms with van der Waals surface area (Å²) in [6.45, 7) is 0. The first kappa shape index (κ1) is 12.6. The van der Waals surface area contributed by atoms with E-state index >= 15 is 0 Å². The highest BCUT2D eigenvalue weighted by Crippen LogP contribution is 2.31. The molecule has 1 aromatic carbocycles. The van der Waals surface area contributed by atoms with Crippen LogP contribution < -0.4 is 4.74 Å². The van der Waals surface area contributed by atoms with Gasteiger partial charge in [-0.15, -0.1) is 0 Å². The Labute approximate surface area is 127 Å². The van der Waals surface area contributed by atoms with Crippen molar-refractivity contribution in [3.63, 3.8) is 0 Å². The Morgan fingerprint density at radius 2 is 2.05 bits per heavy atom. The molecule has 0 bridgehead atoms. The van der Waals surface area contributed by atoms with Crippen molar-refractivity contribution >= 4 is 5.65 Å². The van der Waals surface area contributed by atoms with Gasteiger partial charge in [-0.05, 0) is 24.3 Å². The number of benzene rings is 1. The number of H-pyrrole nitrogens is 1. The Balaban J connectivity index is 1.91. The van der Waals surface area contributed by atoms with Crippen molar-refractivity contribution in [2.45, 2.75) is 0 Å². The van der Waals surface area contributed by atoms with Crippen LogP contribution in [0.4, 0.5) is 0 Å². The molecule has 5 heteroatoms. The summed E-state index contributed by atoms with van der Waals surface area (Å²) < 4.78 is 7.36. The fourth-order valence-electron chi connectivity index (χ4n) is 2.65. The molecule has 0 unspecified atom stereocenters. The Morgan fingerprint density at radius 1 is 1.14 bits per heavy atom. The number of rotatable bonds is 3. The highest BCUT2D eigenvalue weighted by atomic mass is 16.5. The van der Waals surface area contributed by atoms with Gasteiger partial charge in [-0.2, -0.15) is 5.10 Å². The summed E-state index contributed by atoms with van der Waals surface area (Å²) in [6.07, 6.45) is 5.58. The first-order valence-corrected chi connectivity index (χ1v) is 6.97. The summed E-state index contributed by atoms with van der Waals surface area (Å²) >= 11 is 0. The van der Waals surface area contributed by atoms with Gasteiger partial charge in [0.2, 0.25) is 0 Å². The predicted molar refractivity (Wildman–Crippen MR) is 84.8 cm³/mol. The number of hydrogen-bond acceptors (Lipinski definition) is 3. The maximum Gasteiger partial charge on any atom is 0.137 e. The fourth-order valence-corrected chi connectivity index (χ4v) is 2.65. The monoisotopic (exact) mass is 290 g/mol. The third-order valence-electron chi connectivity index (χ3n) is 3.70. The second-order valence-electron chi connectivity index (χ2n) is 4.96. The molecule has 0 radical (unpaired) electrons. The first-order chi connectivity index (χ1) is 10.9. The lowest BCUT2D eigenvalue weighted by molar-refractivity contribution is 0.415. The number of aromatic nitrogens is 4. The third-order valence-corrected chi connectivity index (χ3v) is 3.70. The van der Waals surface area contributed by atoms with Crippen LogP contribution in [0, 0.1) is 0 Å². The number of nitrogens with zero attached hydrogens (tertiary/aromatic N) is 3. The largest absolute Gasteiger partial charge is 0.497 e. The summed E-state index contributed by atoms with van der Waals surface area (Å²) in [7, 11) is 1.67. The van der Waals surface area contributed by atoms with Crippen LogP contribution in [0.15, 0.2) is 61.1 Å². The molecule has 0 aliphatic heterocycles. The molecule has 0 aliphatic rings. The molecular weight excluding hydrogens is 276 g/mol. The van der Waals surface area contributed by atoms with E-state index in [4.69, 9.17) is 4.74 Å². The van der Waals surface area contributed by atoms with Gasteiger partial charge in [0.05, 0.1) is 24.7 Å². The van der Waals surface area contributed by atoms with Crippen molar-refractivity contribution in [3.8, 4) is 28.3 Å². The minimum absolute atomic E-state index is 0.818. The van der Waals surface area contributed by atoms with Gasteiger partial charge in [0, 0.05) is 23.5 Å². The zero-order valence-electron chi connectivity index (χ0n) is 12.0. The number of aromatic amines is 1. The summed E-state index contributed by atoms with van der Waals surface area (Å²) in [6, 6.07) is 14.0. The van der Waals surface area contributed by atoms with Crippen molar-refractivity contribution in [2.75, 3.05) is 7.11 Å². The molecule has 1 N–H and O–H groups in total. The van der Waals surface area contributed by atoms with E-state index in [0.29, 0.717) is 0 Å². The second kappa shape index (κ2) is 5.04. The van der Waals surface area contributed by atoms with E-state index in [1.807, 2.05) is 48.8 Å². The Hall–Kier alpha value is -3.08. The highest BCUT2D eigenvalue weighted by Gasteiger charge is 2.13. The van der Waals surface area contributed by atoms with Gasteiger partial charge in [0.1, 0.15) is 11.4 Å². The van der Waals surface area contributed by atoms with Gasteiger partial charge in [-0.1, -0.05) is 18.2 Å². The molecule has 4 rings (SSSR count). The fraction of sp³-hybridized carbons (Fsp3) is 0.0588. The Morgan fingerprint density at radius 3 is 2.95 bits per heavy atom. The smallest absolute Gasteiger partial charge is 0.137 e. The average Bonchev–Trinajstić information content (AvgIpc) is 3.23. The maximum absolute atomic E-state index is 5.31. The molecule has 3 heterocycles. The van der Waals surface area contributed by atoms with Gasteiger partial charge in [0.15, 0.2) is 0 Å². The summed E-state index contributed by atoms with van der Waals surface area (Å²) in [4.78, 5) is 4.33. The normalized spacial score (nSPS) is 11.0. The zero-order chi connectivity index (χ0) is 14.9. The van der Waals surface area contributed by atoms with Crippen LogP contribution in [0.5, 0.6) is 5.75 Å². The number of fused-ring (bicyclic) bond motifs is 1. The maximum atomic E-state index is 5.31. The van der Waals surface area contributed by atoms with Crippen molar-refractivity contribution in [2.24, 2.45) is 0 Å². The van der Waals surface area contributed by atoms with Crippen molar-refractivity contribution in [3.05, 3.63) is 61.1 Å². The van der Waals surface area contributed by atoms with Gasteiger partial charge in [-0.25, -0.2) is 4.98 Å². The van der Waals surface area contributed by atoms with Crippen molar-refractivity contribution < 1.29 is 4.74 Å². The lowest BCUT2D eigenvalue weighted by Crippen LogP contribution is -1.91. The number of nitrogens with one attached hydrogen (secondary N) is 1. The van der Waals surface area contributed by atoms with Crippen LogP contribution >= 0.6 is 0 Å². The number of ether oxygens (including phenoxy) is 1. The van der Waals surface area contributed by atoms with Crippen LogP contribution in [0.25, 0.3) is 28.2 Å². The Kier molecular flexibility index (Phi) is 2.89. The van der Waals surface area contributed by atoms with E-state index in [-0.39, 0.29) is 0 Å². The molecule has 0 saturated heterocycles. The Bertz CT molecular complexity index is 938. The first-order valence-electron chi connectivity index (χ1n) is 6.97. The molecular formula is C17H14N4O. The molecule has 108 valence electrons. The van der Waals surface area contributed by atoms with E-state index in [9.17, 15) is 0 Å². The summed E-state index contributed by atoms with van der Waals surface area (Å²) in [5, 5.41) is 7.31. The summed E-state index contributed by atoms with van der Waals surface area (Å²) in [5.74, 6) is 0.818. The topological polar surface area (TPSA) is 55.2 Å². The van der Waals surface area contributed by atoms with Gasteiger partial charge in [-0.3, -0.25) is 9.50 Å². The molecule has 5 nitrogen and oxygen atoms in total. The van der Waals surface area contributed by atoms with Crippen LogP contribution in [-0.4, -0.2) is 26.7 Å². The molecule has 4 aromatic rings. The lowest BCUT2D eigenvalue weighted by atomic mass is 10.1. The number of hydrogen-bond donors (Lipinski definition) is 1. The average molecular weight is 290 g/mol. The van der Waals surface area contributed by atoms with Crippen LogP contribution in [-0.2, 0) is 0 Å². The molecule has 0 spiro atoms. The minimum Gasteiger partial charge on any atom is -0.497 e. The molecule has 0 saturated carbocycles.